The number of hydrogen-bond acceptors (Lipinski definition) is 1. The predicted molar refractivity (Wildman–Crippen MR) is 227 cm³/mol. The van der Waals surface area contributed by atoms with Gasteiger partial charge in [0.05, 0.1) is 0 Å². The molecule has 0 aliphatic rings. The Morgan fingerprint density at radius 1 is 0.396 bits per heavy atom. The van der Waals surface area contributed by atoms with E-state index in [-0.39, 0.29) is 0 Å². The van der Waals surface area contributed by atoms with Gasteiger partial charge in [0, 0.05) is 16.3 Å². The summed E-state index contributed by atoms with van der Waals surface area (Å²) in [5.74, 6) is 0. The second kappa shape index (κ2) is 13.0. The number of unbranched alkanes of at least 4 members (excludes halogenated alkanes) is 1. The van der Waals surface area contributed by atoms with Crippen LogP contribution in [0.25, 0.3) is 98.8 Å². The molecule has 10 rings (SSSR count). The lowest BCUT2D eigenvalue weighted by molar-refractivity contribution is 0.668. The van der Waals surface area contributed by atoms with Crippen LogP contribution in [0.15, 0.2) is 180 Å². The first kappa shape index (κ1) is 31.3. The molecule has 0 saturated heterocycles. The molecule has 0 aliphatic carbocycles. The molecule has 1 nitrogen and oxygen atoms in total. The van der Waals surface area contributed by atoms with Crippen LogP contribution in [0.2, 0.25) is 0 Å². The summed E-state index contributed by atoms with van der Waals surface area (Å²) in [7, 11) is 0. The van der Waals surface area contributed by atoms with Crippen molar-refractivity contribution in [2.24, 2.45) is 0 Å². The van der Waals surface area contributed by atoms with Crippen molar-refractivity contribution < 1.29 is 4.42 Å². The molecule has 1 heterocycles. The van der Waals surface area contributed by atoms with E-state index in [1.54, 1.807) is 0 Å². The quantitative estimate of drug-likeness (QED) is 0.153. The summed E-state index contributed by atoms with van der Waals surface area (Å²) >= 11 is 0. The Kier molecular flexibility index (Phi) is 7.65. The summed E-state index contributed by atoms with van der Waals surface area (Å²) in [4.78, 5) is 0. The van der Waals surface area contributed by atoms with Crippen molar-refractivity contribution in [1.82, 2.24) is 0 Å². The van der Waals surface area contributed by atoms with Crippen LogP contribution in [0.4, 0.5) is 0 Å². The molecule has 0 radical (unpaired) electrons. The summed E-state index contributed by atoms with van der Waals surface area (Å²) < 4.78 is 6.78. The van der Waals surface area contributed by atoms with Crippen molar-refractivity contribution in [3.05, 3.63) is 181 Å². The Bertz CT molecular complexity index is 2920. The van der Waals surface area contributed by atoms with Crippen LogP contribution >= 0.6 is 0 Å². The summed E-state index contributed by atoms with van der Waals surface area (Å²) in [6.07, 6.45) is 3.43. The van der Waals surface area contributed by atoms with Crippen LogP contribution in [0.3, 0.4) is 0 Å². The number of para-hydroxylation sites is 1. The molecule has 0 unspecified atom stereocenters. The molecular formula is C52H38O. The molecule has 0 saturated carbocycles. The molecule has 0 bridgehead atoms. The third kappa shape index (κ3) is 5.23. The fraction of sp³-hybridized carbons (Fsp3) is 0.0769. The highest BCUT2D eigenvalue weighted by Crippen LogP contribution is 2.48. The molecule has 1 aromatic heterocycles. The van der Waals surface area contributed by atoms with Crippen LogP contribution in [0.5, 0.6) is 0 Å². The van der Waals surface area contributed by atoms with E-state index in [1.165, 1.54) is 95.1 Å². The fourth-order valence-corrected chi connectivity index (χ4v) is 8.54. The van der Waals surface area contributed by atoms with Crippen molar-refractivity contribution in [1.29, 1.82) is 0 Å². The van der Waals surface area contributed by atoms with Gasteiger partial charge >= 0.3 is 0 Å². The van der Waals surface area contributed by atoms with Crippen molar-refractivity contribution >= 4 is 54.3 Å². The third-order valence-corrected chi connectivity index (χ3v) is 11.1. The molecule has 0 atom stereocenters. The first-order valence-corrected chi connectivity index (χ1v) is 18.8. The second-order valence-corrected chi connectivity index (χ2v) is 14.2. The minimum absolute atomic E-state index is 0.942. The Labute approximate surface area is 309 Å². The normalized spacial score (nSPS) is 11.7. The van der Waals surface area contributed by atoms with Crippen molar-refractivity contribution in [3.63, 3.8) is 0 Å². The Balaban J connectivity index is 1.23. The molecule has 9 aromatic carbocycles. The maximum atomic E-state index is 6.78. The van der Waals surface area contributed by atoms with Crippen LogP contribution < -0.4 is 0 Å². The number of rotatable bonds is 7. The molecule has 0 aliphatic heterocycles. The molecule has 252 valence electrons. The highest BCUT2D eigenvalue weighted by atomic mass is 16.3. The van der Waals surface area contributed by atoms with Crippen LogP contribution in [0.1, 0.15) is 25.3 Å². The minimum atomic E-state index is 0.942. The van der Waals surface area contributed by atoms with Gasteiger partial charge in [0.2, 0.25) is 0 Å². The SMILES string of the molecule is CCCCc1ccc2c(c1)oc1c(-c3ccccc3-c3c4ccccc4c(-c4cccc5ccc(-c6ccccc6)cc45)c4ccccc34)cccc12. The van der Waals surface area contributed by atoms with Gasteiger partial charge in [-0.15, -0.1) is 0 Å². The zero-order valence-electron chi connectivity index (χ0n) is 29.8. The highest BCUT2D eigenvalue weighted by Gasteiger charge is 2.21. The molecular weight excluding hydrogens is 641 g/mol. The largest absolute Gasteiger partial charge is 0.455 e. The summed E-state index contributed by atoms with van der Waals surface area (Å²) in [5.41, 5.74) is 12.9. The van der Waals surface area contributed by atoms with Gasteiger partial charge in [-0.25, -0.2) is 0 Å². The number of furan rings is 1. The van der Waals surface area contributed by atoms with Gasteiger partial charge in [0.25, 0.3) is 0 Å². The molecule has 0 N–H and O–H groups in total. The van der Waals surface area contributed by atoms with Crippen LogP contribution in [-0.2, 0) is 6.42 Å². The number of hydrogen-bond donors (Lipinski definition) is 0. The van der Waals surface area contributed by atoms with Gasteiger partial charge in [-0.3, -0.25) is 0 Å². The van der Waals surface area contributed by atoms with E-state index in [1.807, 2.05) is 0 Å². The molecule has 10 aromatic rings. The lowest BCUT2D eigenvalue weighted by atomic mass is 9.82. The van der Waals surface area contributed by atoms with Crippen molar-refractivity contribution in [3.8, 4) is 44.5 Å². The Hall–Kier alpha value is -6.44. The number of fused-ring (bicyclic) bond motifs is 6. The zero-order valence-corrected chi connectivity index (χ0v) is 29.8. The van der Waals surface area contributed by atoms with E-state index < -0.39 is 0 Å². The van der Waals surface area contributed by atoms with Gasteiger partial charge in [0.1, 0.15) is 11.2 Å². The number of aryl methyl sites for hydroxylation is 1. The van der Waals surface area contributed by atoms with Gasteiger partial charge in [-0.05, 0) is 102 Å². The predicted octanol–water partition coefficient (Wildman–Crippen LogP) is 15.1. The van der Waals surface area contributed by atoms with E-state index in [4.69, 9.17) is 4.42 Å². The Morgan fingerprint density at radius 3 is 1.74 bits per heavy atom. The molecule has 1 heteroatoms. The molecule has 0 fully saturated rings. The average Bonchev–Trinajstić information content (AvgIpc) is 3.60. The fourth-order valence-electron chi connectivity index (χ4n) is 8.54. The monoisotopic (exact) mass is 678 g/mol. The standard InChI is InChI=1S/C52H38O/c1-2-3-15-34-28-31-39-47-27-14-26-46(52(47)53-49(39)32-34)38-19-7-8-20-40(38)50-41-21-9-11-23-43(41)51(44-24-12-10-22-42(44)50)45-25-13-18-36-29-30-37(33-48(36)45)35-16-5-4-6-17-35/h4-14,16-33H,2-3,15H2,1H3. The topological polar surface area (TPSA) is 13.1 Å². The van der Waals surface area contributed by atoms with Crippen LogP contribution in [-0.4, -0.2) is 0 Å². The first-order chi connectivity index (χ1) is 26.3. The van der Waals surface area contributed by atoms with Crippen LogP contribution in [0, 0.1) is 0 Å². The van der Waals surface area contributed by atoms with Crippen molar-refractivity contribution in [2.75, 3.05) is 0 Å². The highest BCUT2D eigenvalue weighted by molar-refractivity contribution is 6.25. The molecule has 0 amide bonds. The second-order valence-electron chi connectivity index (χ2n) is 14.2. The smallest absolute Gasteiger partial charge is 0.143 e. The van der Waals surface area contributed by atoms with E-state index in [0.717, 1.165) is 28.5 Å². The summed E-state index contributed by atoms with van der Waals surface area (Å²) in [6.45, 7) is 2.24. The van der Waals surface area contributed by atoms with Gasteiger partial charge in [-0.2, -0.15) is 0 Å². The average molecular weight is 679 g/mol. The zero-order chi connectivity index (χ0) is 35.3. The van der Waals surface area contributed by atoms with E-state index >= 15 is 0 Å². The molecule has 0 spiro atoms. The number of benzene rings is 9. The van der Waals surface area contributed by atoms with E-state index in [2.05, 4.69) is 183 Å². The lowest BCUT2D eigenvalue weighted by Gasteiger charge is -2.20. The summed E-state index contributed by atoms with van der Waals surface area (Å²) in [5, 5.41) is 9.79. The van der Waals surface area contributed by atoms with Crippen molar-refractivity contribution in [2.45, 2.75) is 26.2 Å². The minimum Gasteiger partial charge on any atom is -0.455 e. The van der Waals surface area contributed by atoms with E-state index in [9.17, 15) is 0 Å². The maximum Gasteiger partial charge on any atom is 0.143 e. The third-order valence-electron chi connectivity index (χ3n) is 11.1. The van der Waals surface area contributed by atoms with Gasteiger partial charge < -0.3 is 4.42 Å². The first-order valence-electron chi connectivity index (χ1n) is 18.8. The summed E-state index contributed by atoms with van der Waals surface area (Å²) in [6, 6.07) is 64.5. The maximum absolute atomic E-state index is 6.78. The molecule has 53 heavy (non-hydrogen) atoms. The lowest BCUT2D eigenvalue weighted by Crippen LogP contribution is -1.93. The van der Waals surface area contributed by atoms with Gasteiger partial charge in [0.15, 0.2) is 0 Å². The van der Waals surface area contributed by atoms with Gasteiger partial charge in [-0.1, -0.05) is 177 Å². The Morgan fingerprint density at radius 2 is 1.00 bits per heavy atom. The van der Waals surface area contributed by atoms with E-state index in [0.29, 0.717) is 0 Å².